The van der Waals surface area contributed by atoms with Gasteiger partial charge in [0.15, 0.2) is 0 Å². The third kappa shape index (κ3) is 2.91. The minimum atomic E-state index is -3.42. The summed E-state index contributed by atoms with van der Waals surface area (Å²) in [7, 11) is -1.45. The van der Waals surface area contributed by atoms with Crippen LogP contribution in [0.3, 0.4) is 0 Å². The van der Waals surface area contributed by atoms with Gasteiger partial charge in [-0.3, -0.25) is 4.31 Å². The van der Waals surface area contributed by atoms with Gasteiger partial charge in [-0.05, 0) is 29.8 Å². The van der Waals surface area contributed by atoms with E-state index in [1.165, 1.54) is 4.31 Å². The molecule has 4 nitrogen and oxygen atoms in total. The van der Waals surface area contributed by atoms with Crippen molar-refractivity contribution in [1.82, 2.24) is 0 Å². The van der Waals surface area contributed by atoms with Gasteiger partial charge in [0.05, 0.1) is 23.7 Å². The number of para-hydroxylation sites is 2. The number of hydrogen-bond donors (Lipinski definition) is 0. The maximum absolute atomic E-state index is 12.8. The van der Waals surface area contributed by atoms with Gasteiger partial charge in [-0.1, -0.05) is 35.9 Å². The van der Waals surface area contributed by atoms with Crippen molar-refractivity contribution in [2.24, 2.45) is 0 Å². The zero-order valence-electron chi connectivity index (χ0n) is 12.2. The first-order valence-corrected chi connectivity index (χ1v) is 9.01. The molecular weight excluding hydrogens is 320 g/mol. The lowest BCUT2D eigenvalue weighted by Gasteiger charge is -2.36. The van der Waals surface area contributed by atoms with Crippen LogP contribution >= 0.6 is 11.6 Å². The van der Waals surface area contributed by atoms with Gasteiger partial charge in [-0.2, -0.15) is 0 Å². The van der Waals surface area contributed by atoms with Crippen LogP contribution in [0.5, 0.6) is 0 Å². The van der Waals surface area contributed by atoms with Crippen LogP contribution in [0, 0.1) is 0 Å². The Morgan fingerprint density at radius 2 is 1.64 bits per heavy atom. The number of likely N-dealkylation sites (N-methyl/N-ethyl adjacent to an activating group) is 1. The molecule has 0 aliphatic carbocycles. The predicted molar refractivity (Wildman–Crippen MR) is 91.1 cm³/mol. The lowest BCUT2D eigenvalue weighted by molar-refractivity contribution is 0.588. The highest BCUT2D eigenvalue weighted by Gasteiger charge is 2.29. The van der Waals surface area contributed by atoms with Crippen molar-refractivity contribution in [3.63, 3.8) is 0 Å². The van der Waals surface area contributed by atoms with Crippen LogP contribution in [0.4, 0.5) is 11.4 Å². The molecule has 6 heteroatoms. The van der Waals surface area contributed by atoms with Crippen molar-refractivity contribution in [3.8, 4) is 0 Å². The van der Waals surface area contributed by atoms with Crippen LogP contribution in [0.25, 0.3) is 0 Å². The molecule has 0 saturated carbocycles. The minimum Gasteiger partial charge on any atom is -0.371 e. The number of anilines is 2. The SMILES string of the molecule is CN1CCN(S(=O)(=O)Cc2ccc(Cl)cc2)c2ccccc21. The highest BCUT2D eigenvalue weighted by molar-refractivity contribution is 7.92. The second-order valence-electron chi connectivity index (χ2n) is 5.37. The summed E-state index contributed by atoms with van der Waals surface area (Å²) in [5, 5.41) is 0.603. The summed E-state index contributed by atoms with van der Waals surface area (Å²) in [5.41, 5.74) is 2.42. The van der Waals surface area contributed by atoms with E-state index in [2.05, 4.69) is 4.90 Å². The lowest BCUT2D eigenvalue weighted by Crippen LogP contribution is -2.43. The van der Waals surface area contributed by atoms with Crippen LogP contribution in [-0.4, -0.2) is 28.6 Å². The number of halogens is 1. The largest absolute Gasteiger partial charge is 0.371 e. The summed E-state index contributed by atoms with van der Waals surface area (Å²) >= 11 is 5.85. The van der Waals surface area contributed by atoms with Crippen LogP contribution in [0.2, 0.25) is 5.02 Å². The Hall–Kier alpha value is -1.72. The van der Waals surface area contributed by atoms with Crippen LogP contribution in [-0.2, 0) is 15.8 Å². The Labute approximate surface area is 136 Å². The zero-order valence-corrected chi connectivity index (χ0v) is 13.8. The molecule has 0 bridgehead atoms. The third-order valence-electron chi connectivity index (χ3n) is 3.80. The van der Waals surface area contributed by atoms with Gasteiger partial charge >= 0.3 is 0 Å². The fraction of sp³-hybridized carbons (Fsp3) is 0.250. The standard InChI is InChI=1S/C16H17ClN2O2S/c1-18-10-11-19(16-5-3-2-4-15(16)18)22(20,21)12-13-6-8-14(17)9-7-13/h2-9H,10-12H2,1H3. The molecular formula is C16H17ClN2O2S. The highest BCUT2D eigenvalue weighted by atomic mass is 35.5. The summed E-state index contributed by atoms with van der Waals surface area (Å²) in [6.45, 7) is 1.14. The average molecular weight is 337 g/mol. The Morgan fingerprint density at radius 3 is 2.32 bits per heavy atom. The number of hydrogen-bond acceptors (Lipinski definition) is 3. The molecule has 0 radical (unpaired) electrons. The summed E-state index contributed by atoms with van der Waals surface area (Å²) in [5.74, 6) is -0.0256. The van der Waals surface area contributed by atoms with Gasteiger partial charge in [0.25, 0.3) is 0 Å². The fourth-order valence-electron chi connectivity index (χ4n) is 2.64. The number of nitrogens with zero attached hydrogens (tertiary/aromatic N) is 2. The fourth-order valence-corrected chi connectivity index (χ4v) is 4.35. The normalized spacial score (nSPS) is 14.8. The smallest absolute Gasteiger partial charge is 0.239 e. The first-order valence-electron chi connectivity index (χ1n) is 7.02. The minimum absolute atomic E-state index is 0.0256. The Morgan fingerprint density at radius 1 is 1.00 bits per heavy atom. The molecule has 1 aliphatic heterocycles. The molecule has 3 rings (SSSR count). The van der Waals surface area contributed by atoms with Gasteiger partial charge in [0.1, 0.15) is 0 Å². The van der Waals surface area contributed by atoms with E-state index in [1.54, 1.807) is 24.3 Å². The van der Waals surface area contributed by atoms with Crippen LogP contribution < -0.4 is 9.21 Å². The van der Waals surface area contributed by atoms with Crippen molar-refractivity contribution in [2.45, 2.75) is 5.75 Å². The summed E-state index contributed by atoms with van der Waals surface area (Å²) < 4.78 is 27.1. The molecule has 0 N–H and O–H groups in total. The van der Waals surface area contributed by atoms with Crippen LogP contribution in [0.1, 0.15) is 5.56 Å². The highest BCUT2D eigenvalue weighted by Crippen LogP contribution is 2.34. The second kappa shape index (κ2) is 5.82. The first kappa shape index (κ1) is 15.2. The molecule has 1 aliphatic rings. The third-order valence-corrected chi connectivity index (χ3v) is 5.80. The zero-order chi connectivity index (χ0) is 15.7. The molecule has 0 atom stereocenters. The van der Waals surface area contributed by atoms with Gasteiger partial charge in [-0.15, -0.1) is 0 Å². The maximum atomic E-state index is 12.8. The van der Waals surface area contributed by atoms with E-state index >= 15 is 0 Å². The molecule has 0 fully saturated rings. The predicted octanol–water partition coefficient (Wildman–Crippen LogP) is 3.13. The van der Waals surface area contributed by atoms with E-state index in [9.17, 15) is 8.42 Å². The average Bonchev–Trinajstić information content (AvgIpc) is 2.50. The summed E-state index contributed by atoms with van der Waals surface area (Å²) in [6.07, 6.45) is 0. The topological polar surface area (TPSA) is 40.6 Å². The van der Waals surface area contributed by atoms with Crippen molar-refractivity contribution in [3.05, 3.63) is 59.1 Å². The number of benzene rings is 2. The molecule has 2 aromatic carbocycles. The van der Waals surface area contributed by atoms with Gasteiger partial charge in [-0.25, -0.2) is 8.42 Å². The van der Waals surface area contributed by atoms with E-state index in [4.69, 9.17) is 11.6 Å². The molecule has 0 saturated heterocycles. The van der Waals surface area contributed by atoms with Crippen molar-refractivity contribution < 1.29 is 8.42 Å². The van der Waals surface area contributed by atoms with Gasteiger partial charge in [0, 0.05) is 18.6 Å². The van der Waals surface area contributed by atoms with E-state index in [0.717, 1.165) is 16.9 Å². The maximum Gasteiger partial charge on any atom is 0.239 e. The van der Waals surface area contributed by atoms with Crippen molar-refractivity contribution in [2.75, 3.05) is 29.3 Å². The molecule has 0 unspecified atom stereocenters. The quantitative estimate of drug-likeness (QED) is 0.864. The molecule has 22 heavy (non-hydrogen) atoms. The molecule has 116 valence electrons. The molecule has 0 amide bonds. The Bertz CT molecular complexity index is 775. The van der Waals surface area contributed by atoms with E-state index < -0.39 is 10.0 Å². The molecule has 0 aromatic heterocycles. The van der Waals surface area contributed by atoms with Gasteiger partial charge in [0.2, 0.25) is 10.0 Å². The van der Waals surface area contributed by atoms with E-state index in [0.29, 0.717) is 18.1 Å². The van der Waals surface area contributed by atoms with E-state index in [1.807, 2.05) is 31.3 Å². The summed E-state index contributed by atoms with van der Waals surface area (Å²) in [6, 6.07) is 14.5. The molecule has 1 heterocycles. The second-order valence-corrected chi connectivity index (χ2v) is 7.69. The summed E-state index contributed by atoms with van der Waals surface area (Å²) in [4.78, 5) is 2.07. The number of rotatable bonds is 3. The molecule has 0 spiro atoms. The number of fused-ring (bicyclic) bond motifs is 1. The number of sulfonamides is 1. The first-order chi connectivity index (χ1) is 10.5. The van der Waals surface area contributed by atoms with Crippen molar-refractivity contribution >= 4 is 33.0 Å². The van der Waals surface area contributed by atoms with Crippen molar-refractivity contribution in [1.29, 1.82) is 0 Å². The monoisotopic (exact) mass is 336 g/mol. The Balaban J connectivity index is 1.93. The molecule has 2 aromatic rings. The lowest BCUT2D eigenvalue weighted by atomic mass is 10.2. The Kier molecular flexibility index (Phi) is 4.02. The van der Waals surface area contributed by atoms with E-state index in [-0.39, 0.29) is 5.75 Å². The van der Waals surface area contributed by atoms with Crippen LogP contribution in [0.15, 0.2) is 48.5 Å². The van der Waals surface area contributed by atoms with Gasteiger partial charge < -0.3 is 4.90 Å².